The van der Waals surface area contributed by atoms with Crippen LogP contribution in [-0.4, -0.2) is 12.8 Å². The van der Waals surface area contributed by atoms with Crippen LogP contribution in [0, 0.1) is 29.2 Å². The first kappa shape index (κ1) is 24.1. The highest BCUT2D eigenvalue weighted by Gasteiger charge is 2.30. The van der Waals surface area contributed by atoms with Crippen molar-refractivity contribution in [2.24, 2.45) is 5.92 Å². The number of benzene rings is 3. The monoisotopic (exact) mass is 482 g/mol. The molecule has 0 atom stereocenters. The zero-order valence-electron chi connectivity index (χ0n) is 18.0. The van der Waals surface area contributed by atoms with E-state index in [4.69, 9.17) is 0 Å². The molecule has 3 aromatic rings. The van der Waals surface area contributed by atoms with Crippen molar-refractivity contribution in [1.29, 1.82) is 0 Å². The van der Waals surface area contributed by atoms with Gasteiger partial charge in [0.2, 0.25) is 0 Å². The Morgan fingerprint density at radius 3 is 2.12 bits per heavy atom. The van der Waals surface area contributed by atoms with E-state index in [1.165, 1.54) is 24.3 Å². The fourth-order valence-electron chi connectivity index (χ4n) is 4.55. The summed E-state index contributed by atoms with van der Waals surface area (Å²) in [6.45, 7) is 1.93. The first-order chi connectivity index (χ1) is 16.1. The van der Waals surface area contributed by atoms with Gasteiger partial charge in [-0.15, -0.1) is 6.58 Å². The third kappa shape index (κ3) is 4.91. The quantitative estimate of drug-likeness (QED) is 0.262. The Bertz CT molecular complexity index is 1200. The predicted molar refractivity (Wildman–Crippen MR) is 116 cm³/mol. The summed E-state index contributed by atoms with van der Waals surface area (Å²) in [6, 6.07) is 6.89. The summed E-state index contributed by atoms with van der Waals surface area (Å²) in [6.07, 6.45) is 0.511. The maximum Gasteiger partial charge on any atom is 0.422 e. The standard InChI is InChI=1S/C26H21F7O/c1-2-14-3-5-15(6-4-14)17-10-20(27)23(21(28)11-17)16-7-8-19-18(9-16)12-22(29)25(24(19)30)34-13-26(31,32)33/h2,7-12,14-15H,1,3-6,13H2. The predicted octanol–water partition coefficient (Wildman–Crippen LogP) is 8.46. The lowest BCUT2D eigenvalue weighted by atomic mass is 9.78. The van der Waals surface area contributed by atoms with E-state index in [2.05, 4.69) is 11.3 Å². The van der Waals surface area contributed by atoms with Gasteiger partial charge in [0, 0.05) is 5.39 Å². The van der Waals surface area contributed by atoms with Gasteiger partial charge in [0.25, 0.3) is 0 Å². The van der Waals surface area contributed by atoms with Gasteiger partial charge in [-0.1, -0.05) is 18.2 Å². The molecule has 8 heteroatoms. The zero-order valence-corrected chi connectivity index (χ0v) is 18.0. The average Bonchev–Trinajstić information content (AvgIpc) is 2.77. The highest BCUT2D eigenvalue weighted by molar-refractivity contribution is 5.89. The fourth-order valence-corrected chi connectivity index (χ4v) is 4.55. The van der Waals surface area contributed by atoms with E-state index in [1.807, 2.05) is 6.08 Å². The Balaban J connectivity index is 1.66. The topological polar surface area (TPSA) is 9.23 Å². The molecule has 34 heavy (non-hydrogen) atoms. The van der Waals surface area contributed by atoms with Crippen LogP contribution >= 0.6 is 0 Å². The minimum atomic E-state index is -4.77. The molecule has 0 saturated heterocycles. The number of ether oxygens (including phenoxy) is 1. The highest BCUT2D eigenvalue weighted by atomic mass is 19.4. The molecule has 1 saturated carbocycles. The van der Waals surface area contributed by atoms with Crippen LogP contribution in [0.5, 0.6) is 5.75 Å². The number of hydrogen-bond donors (Lipinski definition) is 0. The van der Waals surface area contributed by atoms with Crippen molar-refractivity contribution in [3.05, 3.63) is 77.9 Å². The van der Waals surface area contributed by atoms with E-state index in [0.29, 0.717) is 11.5 Å². The lowest BCUT2D eigenvalue weighted by Crippen LogP contribution is -2.20. The molecule has 0 spiro atoms. The van der Waals surface area contributed by atoms with Crippen LogP contribution in [0.1, 0.15) is 37.2 Å². The number of halogens is 7. The third-order valence-electron chi connectivity index (χ3n) is 6.30. The van der Waals surface area contributed by atoms with Crippen LogP contribution in [0.15, 0.2) is 49.1 Å². The van der Waals surface area contributed by atoms with Gasteiger partial charge < -0.3 is 4.74 Å². The summed E-state index contributed by atoms with van der Waals surface area (Å²) in [7, 11) is 0. The number of allylic oxidation sites excluding steroid dienone is 1. The summed E-state index contributed by atoms with van der Waals surface area (Å²) in [4.78, 5) is 0. The molecule has 1 aliphatic carbocycles. The molecule has 0 heterocycles. The first-order valence-corrected chi connectivity index (χ1v) is 10.8. The largest absolute Gasteiger partial charge is 0.478 e. The Morgan fingerprint density at radius 1 is 0.882 bits per heavy atom. The highest BCUT2D eigenvalue weighted by Crippen LogP contribution is 2.39. The average molecular weight is 482 g/mol. The molecular weight excluding hydrogens is 461 g/mol. The van der Waals surface area contributed by atoms with Crippen molar-refractivity contribution in [2.75, 3.05) is 6.61 Å². The Labute approximate surface area is 191 Å². The van der Waals surface area contributed by atoms with Crippen LogP contribution in [0.2, 0.25) is 0 Å². The minimum absolute atomic E-state index is 0.0316. The van der Waals surface area contributed by atoms with Crippen LogP contribution in [-0.2, 0) is 0 Å². The second kappa shape index (κ2) is 9.31. The normalized spacial score (nSPS) is 18.8. The minimum Gasteiger partial charge on any atom is -0.478 e. The fraction of sp³-hybridized carbons (Fsp3) is 0.308. The number of fused-ring (bicyclic) bond motifs is 1. The van der Waals surface area contributed by atoms with E-state index in [1.54, 1.807) is 0 Å². The second-order valence-electron chi connectivity index (χ2n) is 8.55. The van der Waals surface area contributed by atoms with Crippen LogP contribution < -0.4 is 4.74 Å². The Hall–Kier alpha value is -3.03. The van der Waals surface area contributed by atoms with Gasteiger partial charge in [0.05, 0.1) is 5.56 Å². The van der Waals surface area contributed by atoms with E-state index in [0.717, 1.165) is 37.8 Å². The van der Waals surface area contributed by atoms with Gasteiger partial charge in [-0.3, -0.25) is 0 Å². The third-order valence-corrected chi connectivity index (χ3v) is 6.30. The first-order valence-electron chi connectivity index (χ1n) is 10.8. The summed E-state index contributed by atoms with van der Waals surface area (Å²) >= 11 is 0. The second-order valence-corrected chi connectivity index (χ2v) is 8.55. The summed E-state index contributed by atoms with van der Waals surface area (Å²) in [5.41, 5.74) is 0.265. The van der Waals surface area contributed by atoms with E-state index in [-0.39, 0.29) is 27.8 Å². The smallest absolute Gasteiger partial charge is 0.422 e. The Kier molecular flexibility index (Phi) is 6.60. The zero-order chi connectivity index (χ0) is 24.6. The van der Waals surface area contributed by atoms with Crippen molar-refractivity contribution in [2.45, 2.75) is 37.8 Å². The summed E-state index contributed by atoms with van der Waals surface area (Å²) in [5.74, 6) is -5.00. The van der Waals surface area contributed by atoms with Crippen molar-refractivity contribution in [3.63, 3.8) is 0 Å². The number of rotatable bonds is 5. The molecule has 0 amide bonds. The lowest BCUT2D eigenvalue weighted by Gasteiger charge is -2.27. The van der Waals surface area contributed by atoms with Crippen molar-refractivity contribution in [3.8, 4) is 16.9 Å². The Morgan fingerprint density at radius 2 is 1.53 bits per heavy atom. The van der Waals surface area contributed by atoms with Gasteiger partial charge in [-0.2, -0.15) is 13.2 Å². The molecule has 4 rings (SSSR count). The number of hydrogen-bond acceptors (Lipinski definition) is 1. The van der Waals surface area contributed by atoms with Gasteiger partial charge in [-0.25, -0.2) is 17.6 Å². The van der Waals surface area contributed by atoms with Crippen molar-refractivity contribution < 1.29 is 35.5 Å². The summed E-state index contributed by atoms with van der Waals surface area (Å²) in [5, 5.41) is -0.309. The summed E-state index contributed by atoms with van der Waals surface area (Å²) < 4.78 is 100. The SMILES string of the molecule is C=CC1CCC(c2cc(F)c(-c3ccc4c(F)c(OCC(F)(F)F)c(F)cc4c3)c(F)c2)CC1. The molecule has 0 radical (unpaired) electrons. The maximum absolute atomic E-state index is 15.0. The van der Waals surface area contributed by atoms with Gasteiger partial charge in [-0.05, 0) is 78.3 Å². The van der Waals surface area contributed by atoms with Gasteiger partial charge in [0.15, 0.2) is 24.0 Å². The molecule has 1 aliphatic rings. The van der Waals surface area contributed by atoms with Crippen LogP contribution in [0.4, 0.5) is 30.7 Å². The molecule has 1 fully saturated rings. The molecular formula is C26H21F7O. The molecule has 3 aromatic carbocycles. The van der Waals surface area contributed by atoms with E-state index >= 15 is 0 Å². The van der Waals surface area contributed by atoms with Crippen LogP contribution in [0.3, 0.4) is 0 Å². The van der Waals surface area contributed by atoms with E-state index < -0.39 is 41.8 Å². The molecule has 0 unspecified atom stereocenters. The maximum atomic E-state index is 15.0. The number of alkyl halides is 3. The molecule has 1 nitrogen and oxygen atoms in total. The molecule has 0 N–H and O–H groups in total. The van der Waals surface area contributed by atoms with Crippen LogP contribution in [0.25, 0.3) is 21.9 Å². The van der Waals surface area contributed by atoms with E-state index in [9.17, 15) is 30.7 Å². The van der Waals surface area contributed by atoms with Gasteiger partial charge in [0.1, 0.15) is 11.6 Å². The molecule has 0 aliphatic heterocycles. The lowest BCUT2D eigenvalue weighted by molar-refractivity contribution is -0.154. The molecule has 0 bridgehead atoms. The molecule has 0 aromatic heterocycles. The van der Waals surface area contributed by atoms with Gasteiger partial charge >= 0.3 is 6.18 Å². The molecule has 180 valence electrons. The van der Waals surface area contributed by atoms with Crippen molar-refractivity contribution in [1.82, 2.24) is 0 Å². The van der Waals surface area contributed by atoms with Crippen molar-refractivity contribution >= 4 is 10.8 Å².